The molecule has 0 spiro atoms. The molecule has 3 aromatic rings. The number of rotatable bonds is 4. The number of piperazine rings is 1. The minimum atomic E-state index is -3.82. The van der Waals surface area contributed by atoms with Crippen LogP contribution in [-0.4, -0.2) is 74.8 Å². The number of H-pyrrole nitrogens is 1. The topological polar surface area (TPSA) is 106 Å². The first-order valence-corrected chi connectivity index (χ1v) is 14.5. The van der Waals surface area contributed by atoms with Gasteiger partial charge in [0.1, 0.15) is 0 Å². The molecule has 202 valence electrons. The van der Waals surface area contributed by atoms with Crippen molar-refractivity contribution in [3.05, 3.63) is 76.1 Å². The molecule has 4 heterocycles. The third-order valence-electron chi connectivity index (χ3n) is 7.98. The van der Waals surface area contributed by atoms with Gasteiger partial charge in [-0.15, -0.1) is 0 Å². The Morgan fingerprint density at radius 3 is 2.51 bits per heavy atom. The van der Waals surface area contributed by atoms with Gasteiger partial charge >= 0.3 is 0 Å². The van der Waals surface area contributed by atoms with Crippen molar-refractivity contribution in [1.82, 2.24) is 14.8 Å². The molecule has 9 nitrogen and oxygen atoms in total. The van der Waals surface area contributed by atoms with E-state index in [1.54, 1.807) is 18.2 Å². The smallest absolute Gasteiger partial charge is 0.264 e. The van der Waals surface area contributed by atoms with Gasteiger partial charge in [0.15, 0.2) is 0 Å². The van der Waals surface area contributed by atoms with Crippen molar-refractivity contribution in [3.8, 4) is 0 Å². The van der Waals surface area contributed by atoms with Crippen LogP contribution in [0.3, 0.4) is 0 Å². The molecule has 0 radical (unpaired) electrons. The lowest BCUT2D eigenvalue weighted by atomic mass is 10.0. The Morgan fingerprint density at radius 2 is 1.74 bits per heavy atom. The molecule has 1 aromatic heterocycles. The van der Waals surface area contributed by atoms with E-state index in [2.05, 4.69) is 15.2 Å². The summed E-state index contributed by atoms with van der Waals surface area (Å²) in [6, 6.07) is 12.3. The molecule has 0 saturated carbocycles. The number of carbonyl (C=O) groups excluding carboxylic acids is 2. The van der Waals surface area contributed by atoms with Crippen molar-refractivity contribution in [1.29, 1.82) is 0 Å². The predicted octanol–water partition coefficient (Wildman–Crippen LogP) is 3.26. The molecule has 2 N–H and O–H groups in total. The highest BCUT2D eigenvalue weighted by atomic mass is 32.2. The highest BCUT2D eigenvalue weighted by Gasteiger charge is 2.33. The van der Waals surface area contributed by atoms with E-state index in [-0.39, 0.29) is 16.7 Å². The molecular formula is C29H31N5O4S. The van der Waals surface area contributed by atoms with Crippen LogP contribution in [0.5, 0.6) is 0 Å². The molecule has 0 aliphatic carbocycles. The molecular weight excluding hydrogens is 514 g/mol. The van der Waals surface area contributed by atoms with E-state index in [9.17, 15) is 18.0 Å². The summed E-state index contributed by atoms with van der Waals surface area (Å²) in [6.45, 7) is 7.11. The fourth-order valence-corrected chi connectivity index (χ4v) is 7.24. The van der Waals surface area contributed by atoms with Gasteiger partial charge in [0, 0.05) is 55.4 Å². The third-order valence-corrected chi connectivity index (χ3v) is 9.78. The fourth-order valence-electron chi connectivity index (χ4n) is 5.71. The number of carbonyl (C=O) groups is 2. The van der Waals surface area contributed by atoms with Gasteiger partial charge in [-0.05, 0) is 68.8 Å². The Bertz CT molecular complexity index is 1650. The molecule has 1 saturated heterocycles. The van der Waals surface area contributed by atoms with Crippen LogP contribution in [0.4, 0.5) is 11.4 Å². The van der Waals surface area contributed by atoms with Crippen molar-refractivity contribution in [3.63, 3.8) is 0 Å². The molecule has 10 heteroatoms. The summed E-state index contributed by atoms with van der Waals surface area (Å²) in [4.78, 5) is 33.8. The second kappa shape index (κ2) is 9.39. The number of aromatic amines is 1. The Morgan fingerprint density at radius 1 is 1.00 bits per heavy atom. The molecule has 0 atom stereocenters. The van der Waals surface area contributed by atoms with Crippen molar-refractivity contribution in [2.75, 3.05) is 49.4 Å². The van der Waals surface area contributed by atoms with E-state index in [1.807, 2.05) is 50.1 Å². The summed E-state index contributed by atoms with van der Waals surface area (Å²) in [5, 5.41) is 2.84. The molecule has 6 rings (SSSR count). The average molecular weight is 546 g/mol. The number of benzene rings is 2. The second-order valence-electron chi connectivity index (χ2n) is 10.4. The van der Waals surface area contributed by atoms with Crippen LogP contribution in [0, 0.1) is 13.8 Å². The summed E-state index contributed by atoms with van der Waals surface area (Å²) in [7, 11) is -1.77. The number of sulfonamides is 1. The predicted molar refractivity (Wildman–Crippen MR) is 151 cm³/mol. The zero-order chi connectivity index (χ0) is 27.5. The molecule has 1 fully saturated rings. The minimum Gasteiger partial charge on any atom is -0.358 e. The van der Waals surface area contributed by atoms with E-state index >= 15 is 0 Å². The lowest BCUT2D eigenvalue weighted by Gasteiger charge is -2.32. The van der Waals surface area contributed by atoms with Gasteiger partial charge < -0.3 is 20.1 Å². The van der Waals surface area contributed by atoms with E-state index in [4.69, 9.17) is 0 Å². The Labute approximate surface area is 228 Å². The Balaban J connectivity index is 1.35. The zero-order valence-corrected chi connectivity index (χ0v) is 23.1. The summed E-state index contributed by atoms with van der Waals surface area (Å²) in [5.41, 5.74) is 5.91. The van der Waals surface area contributed by atoms with Crippen LogP contribution < -0.4 is 9.62 Å². The van der Waals surface area contributed by atoms with Crippen molar-refractivity contribution < 1.29 is 18.0 Å². The maximum Gasteiger partial charge on any atom is 0.264 e. The van der Waals surface area contributed by atoms with Crippen LogP contribution in [0.25, 0.3) is 11.6 Å². The lowest BCUT2D eigenvalue weighted by Crippen LogP contribution is -2.47. The molecule has 3 aliphatic rings. The standard InChI is InChI=1S/C29H31N5O4S/c1-18-25(30-19(2)27(18)29(36)33-14-12-32(3)13-15-33)17-23-22-16-21(8-9-24(22)31-28(23)35)39(37,38)34-11-10-20-6-4-5-7-26(20)34/h4-9,16-17,30H,10-15H2,1-3H3,(H,31,35). The van der Waals surface area contributed by atoms with E-state index < -0.39 is 10.0 Å². The number of hydrogen-bond acceptors (Lipinski definition) is 5. The van der Waals surface area contributed by atoms with Crippen LogP contribution >= 0.6 is 0 Å². The van der Waals surface area contributed by atoms with Gasteiger partial charge in [0.2, 0.25) is 0 Å². The van der Waals surface area contributed by atoms with Crippen molar-refractivity contribution in [2.24, 2.45) is 0 Å². The summed E-state index contributed by atoms with van der Waals surface area (Å²) < 4.78 is 28.7. The number of likely N-dealkylation sites (N-methyl/N-ethyl adjacent to an activating group) is 1. The van der Waals surface area contributed by atoms with Crippen LogP contribution in [0.2, 0.25) is 0 Å². The molecule has 2 amide bonds. The Kier molecular flexibility index (Phi) is 6.11. The number of anilines is 2. The highest BCUT2D eigenvalue weighted by Crippen LogP contribution is 2.38. The van der Waals surface area contributed by atoms with Crippen molar-refractivity contribution >= 4 is 44.9 Å². The third kappa shape index (κ3) is 4.24. The van der Waals surface area contributed by atoms with Gasteiger partial charge in [-0.25, -0.2) is 8.42 Å². The maximum absolute atomic E-state index is 13.6. The molecule has 0 unspecified atom stereocenters. The quantitative estimate of drug-likeness (QED) is 0.490. The number of nitrogens with one attached hydrogen (secondary N) is 2. The number of aryl methyl sites for hydroxylation is 1. The normalized spacial score (nSPS) is 18.4. The van der Waals surface area contributed by atoms with Gasteiger partial charge in [-0.3, -0.25) is 13.9 Å². The lowest BCUT2D eigenvalue weighted by molar-refractivity contribution is -0.110. The zero-order valence-electron chi connectivity index (χ0n) is 22.2. The number of aromatic nitrogens is 1. The van der Waals surface area contributed by atoms with Gasteiger partial charge in [-0.1, -0.05) is 18.2 Å². The summed E-state index contributed by atoms with van der Waals surface area (Å²) in [5.74, 6) is -0.334. The summed E-state index contributed by atoms with van der Waals surface area (Å²) in [6.07, 6.45) is 2.37. The monoisotopic (exact) mass is 545 g/mol. The number of fused-ring (bicyclic) bond motifs is 2. The number of amides is 2. The van der Waals surface area contributed by atoms with Crippen LogP contribution in [0.15, 0.2) is 47.4 Å². The largest absolute Gasteiger partial charge is 0.358 e. The molecule has 0 bridgehead atoms. The second-order valence-corrected chi connectivity index (χ2v) is 12.3. The average Bonchev–Trinajstić information content (AvgIpc) is 3.57. The minimum absolute atomic E-state index is 0.0189. The molecule has 39 heavy (non-hydrogen) atoms. The van der Waals surface area contributed by atoms with Gasteiger partial charge in [-0.2, -0.15) is 0 Å². The van der Waals surface area contributed by atoms with E-state index in [0.29, 0.717) is 59.8 Å². The van der Waals surface area contributed by atoms with Crippen LogP contribution in [0.1, 0.15) is 38.4 Å². The highest BCUT2D eigenvalue weighted by molar-refractivity contribution is 7.92. The first kappa shape index (κ1) is 25.4. The van der Waals surface area contributed by atoms with E-state index in [0.717, 1.165) is 29.9 Å². The van der Waals surface area contributed by atoms with Crippen LogP contribution in [-0.2, 0) is 21.2 Å². The Hall–Kier alpha value is -3.89. The fraction of sp³-hybridized carbons (Fsp3) is 0.310. The van der Waals surface area contributed by atoms with E-state index in [1.165, 1.54) is 10.4 Å². The van der Waals surface area contributed by atoms with Gasteiger partial charge in [0.05, 0.1) is 21.7 Å². The maximum atomic E-state index is 13.6. The number of hydrogen-bond donors (Lipinski definition) is 2. The first-order valence-electron chi connectivity index (χ1n) is 13.1. The van der Waals surface area contributed by atoms with Gasteiger partial charge in [0.25, 0.3) is 21.8 Å². The van der Waals surface area contributed by atoms with Crippen molar-refractivity contribution in [2.45, 2.75) is 25.2 Å². The molecule has 3 aliphatic heterocycles. The SMILES string of the molecule is Cc1[nH]c(C=C2C(=O)Nc3ccc(S(=O)(=O)N4CCc5ccccc54)cc32)c(C)c1C(=O)N1CCN(C)CC1. The first-order chi connectivity index (χ1) is 18.6. The summed E-state index contributed by atoms with van der Waals surface area (Å²) >= 11 is 0. The number of para-hydroxylation sites is 1. The molecule has 2 aromatic carbocycles. The number of nitrogens with zero attached hydrogens (tertiary/aromatic N) is 3.